The molecular formula is C10H11ClN2. The molecule has 0 spiro atoms. The number of nitrogens with one attached hydrogen (secondary N) is 1. The number of nitrogens with zero attached hydrogens (tertiary/aromatic N) is 1. The lowest BCUT2D eigenvalue weighted by atomic mass is 10.2. The van der Waals surface area contributed by atoms with Crippen molar-refractivity contribution in [3.05, 3.63) is 28.8 Å². The van der Waals surface area contributed by atoms with E-state index < -0.39 is 0 Å². The van der Waals surface area contributed by atoms with Crippen LogP contribution in [-0.4, -0.2) is 6.04 Å². The summed E-state index contributed by atoms with van der Waals surface area (Å²) < 4.78 is 0. The molecule has 1 N–H and O–H groups in total. The van der Waals surface area contributed by atoms with E-state index >= 15 is 0 Å². The van der Waals surface area contributed by atoms with Crippen LogP contribution in [0, 0.1) is 11.3 Å². The van der Waals surface area contributed by atoms with Crippen LogP contribution in [0.15, 0.2) is 18.2 Å². The van der Waals surface area contributed by atoms with Gasteiger partial charge in [-0.25, -0.2) is 0 Å². The van der Waals surface area contributed by atoms with Gasteiger partial charge in [0.1, 0.15) is 6.07 Å². The third kappa shape index (κ3) is 2.37. The van der Waals surface area contributed by atoms with Gasteiger partial charge in [-0.2, -0.15) is 5.26 Å². The summed E-state index contributed by atoms with van der Waals surface area (Å²) in [7, 11) is 0. The number of hydrogen-bond donors (Lipinski definition) is 1. The Morgan fingerprint density at radius 2 is 2.15 bits per heavy atom. The van der Waals surface area contributed by atoms with E-state index in [2.05, 4.69) is 11.4 Å². The predicted octanol–water partition coefficient (Wildman–Crippen LogP) is 3.03. The summed E-state index contributed by atoms with van der Waals surface area (Å²) in [6, 6.07) is 7.65. The van der Waals surface area contributed by atoms with Crippen LogP contribution in [0.1, 0.15) is 19.4 Å². The second-order valence-corrected chi connectivity index (χ2v) is 3.48. The van der Waals surface area contributed by atoms with Crippen molar-refractivity contribution >= 4 is 17.3 Å². The first-order valence-corrected chi connectivity index (χ1v) is 4.48. The van der Waals surface area contributed by atoms with Crippen molar-refractivity contribution in [1.82, 2.24) is 0 Å². The smallest absolute Gasteiger partial charge is 0.101 e. The van der Waals surface area contributed by atoms with Crippen molar-refractivity contribution < 1.29 is 0 Å². The first-order valence-electron chi connectivity index (χ1n) is 4.10. The molecule has 0 radical (unpaired) electrons. The average molecular weight is 195 g/mol. The zero-order chi connectivity index (χ0) is 9.84. The van der Waals surface area contributed by atoms with Crippen LogP contribution >= 0.6 is 11.6 Å². The highest BCUT2D eigenvalue weighted by atomic mass is 35.5. The topological polar surface area (TPSA) is 35.8 Å². The normalized spacial score (nSPS) is 9.77. The molecule has 68 valence electrons. The highest BCUT2D eigenvalue weighted by molar-refractivity contribution is 6.33. The van der Waals surface area contributed by atoms with Crippen molar-refractivity contribution in [1.29, 1.82) is 5.26 Å². The minimum Gasteiger partial charge on any atom is -0.381 e. The standard InChI is InChI=1S/C10H11ClN2/c1-7(2)13-10-8(6-12)4-3-5-9(10)11/h3-5,7,13H,1-2H3. The van der Waals surface area contributed by atoms with Crippen LogP contribution in [0.3, 0.4) is 0 Å². The molecule has 0 aliphatic rings. The fraction of sp³-hybridized carbons (Fsp3) is 0.300. The first-order chi connectivity index (χ1) is 6.15. The van der Waals surface area contributed by atoms with E-state index in [-0.39, 0.29) is 6.04 Å². The van der Waals surface area contributed by atoms with Gasteiger partial charge >= 0.3 is 0 Å². The Kier molecular flexibility index (Phi) is 3.16. The molecule has 0 aliphatic heterocycles. The van der Waals surface area contributed by atoms with Crippen molar-refractivity contribution in [2.45, 2.75) is 19.9 Å². The third-order valence-electron chi connectivity index (χ3n) is 1.57. The summed E-state index contributed by atoms with van der Waals surface area (Å²) in [6.45, 7) is 4.01. The molecule has 0 fully saturated rings. The molecule has 1 aromatic rings. The number of anilines is 1. The average Bonchev–Trinajstić information content (AvgIpc) is 2.08. The first kappa shape index (κ1) is 9.88. The van der Waals surface area contributed by atoms with Gasteiger partial charge in [0.15, 0.2) is 0 Å². The van der Waals surface area contributed by atoms with E-state index in [4.69, 9.17) is 16.9 Å². The van der Waals surface area contributed by atoms with Crippen LogP contribution in [-0.2, 0) is 0 Å². The number of halogens is 1. The molecular weight excluding hydrogens is 184 g/mol. The van der Waals surface area contributed by atoms with E-state index in [0.717, 1.165) is 5.69 Å². The van der Waals surface area contributed by atoms with E-state index in [1.54, 1.807) is 18.2 Å². The molecule has 0 bridgehead atoms. The summed E-state index contributed by atoms with van der Waals surface area (Å²) in [4.78, 5) is 0. The predicted molar refractivity (Wildman–Crippen MR) is 54.9 cm³/mol. The van der Waals surface area contributed by atoms with Crippen LogP contribution in [0.2, 0.25) is 5.02 Å². The molecule has 0 saturated carbocycles. The molecule has 2 nitrogen and oxygen atoms in total. The minimum absolute atomic E-state index is 0.270. The third-order valence-corrected chi connectivity index (χ3v) is 1.88. The van der Waals surface area contributed by atoms with E-state index in [0.29, 0.717) is 10.6 Å². The second kappa shape index (κ2) is 4.15. The quantitative estimate of drug-likeness (QED) is 0.786. The summed E-state index contributed by atoms with van der Waals surface area (Å²) in [5.41, 5.74) is 1.31. The van der Waals surface area contributed by atoms with E-state index in [1.807, 2.05) is 13.8 Å². The summed E-state index contributed by atoms with van der Waals surface area (Å²) in [5, 5.41) is 12.5. The van der Waals surface area contributed by atoms with E-state index in [1.165, 1.54) is 0 Å². The van der Waals surface area contributed by atoms with Gasteiger partial charge in [-0.05, 0) is 26.0 Å². The van der Waals surface area contributed by atoms with Gasteiger partial charge in [-0.1, -0.05) is 17.7 Å². The zero-order valence-electron chi connectivity index (χ0n) is 7.63. The maximum Gasteiger partial charge on any atom is 0.101 e. The molecule has 0 aliphatic carbocycles. The Morgan fingerprint density at radius 3 is 2.69 bits per heavy atom. The van der Waals surface area contributed by atoms with Gasteiger partial charge in [0, 0.05) is 6.04 Å². The van der Waals surface area contributed by atoms with Crippen molar-refractivity contribution in [3.8, 4) is 6.07 Å². The molecule has 0 unspecified atom stereocenters. The molecule has 3 heteroatoms. The van der Waals surface area contributed by atoms with Crippen molar-refractivity contribution in [3.63, 3.8) is 0 Å². The maximum atomic E-state index is 8.81. The van der Waals surface area contributed by atoms with Gasteiger partial charge in [-0.15, -0.1) is 0 Å². The van der Waals surface area contributed by atoms with Gasteiger partial charge in [-0.3, -0.25) is 0 Å². The van der Waals surface area contributed by atoms with Crippen LogP contribution in [0.4, 0.5) is 5.69 Å². The number of nitriles is 1. The van der Waals surface area contributed by atoms with Crippen molar-refractivity contribution in [2.24, 2.45) is 0 Å². The van der Waals surface area contributed by atoms with Gasteiger partial charge in [0.25, 0.3) is 0 Å². The maximum absolute atomic E-state index is 8.81. The minimum atomic E-state index is 0.270. The lowest BCUT2D eigenvalue weighted by Crippen LogP contribution is -2.11. The number of para-hydroxylation sites is 1. The van der Waals surface area contributed by atoms with Gasteiger partial charge in [0.2, 0.25) is 0 Å². The SMILES string of the molecule is CC(C)Nc1c(Cl)cccc1C#N. The molecule has 13 heavy (non-hydrogen) atoms. The van der Waals surface area contributed by atoms with Crippen LogP contribution in [0.5, 0.6) is 0 Å². The molecule has 1 rings (SSSR count). The largest absolute Gasteiger partial charge is 0.381 e. The Labute approximate surface area is 83.1 Å². The monoisotopic (exact) mass is 194 g/mol. The van der Waals surface area contributed by atoms with Gasteiger partial charge in [0.05, 0.1) is 16.3 Å². The number of hydrogen-bond acceptors (Lipinski definition) is 2. The lowest BCUT2D eigenvalue weighted by molar-refractivity contribution is 0.899. The van der Waals surface area contributed by atoms with Crippen molar-refractivity contribution in [2.75, 3.05) is 5.32 Å². The molecule has 0 heterocycles. The number of benzene rings is 1. The summed E-state index contributed by atoms with van der Waals surface area (Å²) in [6.07, 6.45) is 0. The van der Waals surface area contributed by atoms with E-state index in [9.17, 15) is 0 Å². The molecule has 0 amide bonds. The zero-order valence-corrected chi connectivity index (χ0v) is 8.39. The van der Waals surface area contributed by atoms with Crippen LogP contribution < -0.4 is 5.32 Å². The second-order valence-electron chi connectivity index (χ2n) is 3.07. The highest BCUT2D eigenvalue weighted by Gasteiger charge is 2.06. The fourth-order valence-corrected chi connectivity index (χ4v) is 1.28. The Bertz CT molecular complexity index is 339. The Morgan fingerprint density at radius 1 is 1.46 bits per heavy atom. The summed E-state index contributed by atoms with van der Waals surface area (Å²) in [5.74, 6) is 0. The number of rotatable bonds is 2. The highest BCUT2D eigenvalue weighted by Crippen LogP contribution is 2.25. The Balaban J connectivity index is 3.10. The molecule has 1 aromatic carbocycles. The molecule has 0 atom stereocenters. The fourth-order valence-electron chi connectivity index (χ4n) is 1.05. The summed E-state index contributed by atoms with van der Waals surface area (Å²) >= 11 is 5.94. The Hall–Kier alpha value is -1.20. The lowest BCUT2D eigenvalue weighted by Gasteiger charge is -2.12. The van der Waals surface area contributed by atoms with Gasteiger partial charge < -0.3 is 5.32 Å². The molecule has 0 aromatic heterocycles. The molecule has 0 saturated heterocycles. The van der Waals surface area contributed by atoms with Crippen LogP contribution in [0.25, 0.3) is 0 Å².